The normalized spacial score (nSPS) is 11.9. The Morgan fingerprint density at radius 3 is 2.52 bits per heavy atom. The average molecular weight is 423 g/mol. The Kier molecular flexibility index (Phi) is 6.87. The fraction of sp³-hybridized carbons (Fsp3) is 0.292. The number of aryl methyl sites for hydroxylation is 1. The number of rotatable bonds is 8. The highest BCUT2D eigenvalue weighted by atomic mass is 16.5. The van der Waals surface area contributed by atoms with Crippen LogP contribution in [-0.4, -0.2) is 30.8 Å². The van der Waals surface area contributed by atoms with Crippen LogP contribution < -0.4 is 10.6 Å². The second-order valence-electron chi connectivity index (χ2n) is 7.36. The fourth-order valence-electron chi connectivity index (χ4n) is 3.69. The van der Waals surface area contributed by atoms with Gasteiger partial charge < -0.3 is 14.5 Å². The summed E-state index contributed by atoms with van der Waals surface area (Å²) in [5.41, 5.74) is 1.22. The van der Waals surface area contributed by atoms with Crippen LogP contribution in [0.4, 0.5) is 5.88 Å². The third kappa shape index (κ3) is 4.83. The summed E-state index contributed by atoms with van der Waals surface area (Å²) in [6, 6.07) is 14.3. The molecular formula is C24H27N2O5+. The van der Waals surface area contributed by atoms with Gasteiger partial charge in [-0.1, -0.05) is 42.5 Å². The van der Waals surface area contributed by atoms with Gasteiger partial charge in [-0.15, -0.1) is 0 Å². The van der Waals surface area contributed by atoms with Crippen LogP contribution in [0.3, 0.4) is 0 Å². The first-order valence-electron chi connectivity index (χ1n) is 10.3. The number of hydrogen-bond acceptors (Lipinski definition) is 5. The standard InChI is InChI=1S/C24H26N2O5/c1-5-30-24(29)22-21(15(3)27)16(4)31-23(22)26-20(28)13-25-14(2)18-12-8-10-17-9-6-7-11-19(17)18/h6-12,14,25H,5,13H2,1-4H3,(H,26,28)/p+1/t14-/m1/s1. The predicted molar refractivity (Wildman–Crippen MR) is 117 cm³/mol. The number of carbonyl (C=O) groups is 3. The molecule has 0 radical (unpaired) electrons. The molecular weight excluding hydrogens is 396 g/mol. The SMILES string of the molecule is CCOC(=O)c1c(NC(=O)C[NH2+][C@H](C)c2cccc3ccccc23)oc(C)c1C(C)=O. The second-order valence-corrected chi connectivity index (χ2v) is 7.36. The number of amides is 1. The highest BCUT2D eigenvalue weighted by molar-refractivity contribution is 6.10. The number of carbonyl (C=O) groups excluding carboxylic acids is 3. The number of anilines is 1. The van der Waals surface area contributed by atoms with Crippen molar-refractivity contribution in [2.45, 2.75) is 33.7 Å². The van der Waals surface area contributed by atoms with Crippen LogP contribution in [-0.2, 0) is 9.53 Å². The van der Waals surface area contributed by atoms with E-state index in [4.69, 9.17) is 9.15 Å². The summed E-state index contributed by atoms with van der Waals surface area (Å²) in [7, 11) is 0. The number of nitrogens with two attached hydrogens (primary N) is 1. The van der Waals surface area contributed by atoms with Crippen molar-refractivity contribution in [1.82, 2.24) is 0 Å². The van der Waals surface area contributed by atoms with Gasteiger partial charge in [-0.2, -0.15) is 0 Å². The van der Waals surface area contributed by atoms with Crippen LogP contribution in [0.2, 0.25) is 0 Å². The number of ketones is 1. The summed E-state index contributed by atoms with van der Waals surface area (Å²) < 4.78 is 10.6. The monoisotopic (exact) mass is 423 g/mol. The zero-order chi connectivity index (χ0) is 22.5. The fourth-order valence-corrected chi connectivity index (χ4v) is 3.69. The molecule has 0 saturated carbocycles. The Morgan fingerprint density at radius 1 is 1.10 bits per heavy atom. The number of furan rings is 1. The number of fused-ring (bicyclic) bond motifs is 1. The molecule has 3 aromatic rings. The average Bonchev–Trinajstić information content (AvgIpc) is 3.07. The van der Waals surface area contributed by atoms with E-state index in [1.807, 2.05) is 30.4 Å². The lowest BCUT2D eigenvalue weighted by Gasteiger charge is -2.13. The van der Waals surface area contributed by atoms with E-state index in [1.165, 1.54) is 6.92 Å². The molecule has 1 atom stereocenters. The Balaban J connectivity index is 1.74. The molecule has 0 unspecified atom stereocenters. The number of quaternary nitrogens is 1. The molecule has 3 rings (SSSR count). The first-order chi connectivity index (χ1) is 14.8. The van der Waals surface area contributed by atoms with Crippen LogP contribution >= 0.6 is 0 Å². The highest BCUT2D eigenvalue weighted by Crippen LogP contribution is 2.28. The maximum absolute atomic E-state index is 12.6. The zero-order valence-electron chi connectivity index (χ0n) is 18.2. The molecule has 1 amide bonds. The Hall–Kier alpha value is -3.45. The topological polar surface area (TPSA) is 102 Å². The van der Waals surface area contributed by atoms with E-state index in [9.17, 15) is 14.4 Å². The van der Waals surface area contributed by atoms with Gasteiger partial charge in [-0.05, 0) is 38.5 Å². The van der Waals surface area contributed by atoms with Crippen LogP contribution in [0.1, 0.15) is 58.9 Å². The van der Waals surface area contributed by atoms with Crippen molar-refractivity contribution in [2.24, 2.45) is 0 Å². The van der Waals surface area contributed by atoms with Crippen molar-refractivity contribution in [3.05, 3.63) is 64.9 Å². The van der Waals surface area contributed by atoms with Crippen LogP contribution in [0, 0.1) is 6.92 Å². The summed E-state index contributed by atoms with van der Waals surface area (Å²) in [6.07, 6.45) is 0. The molecule has 1 aromatic heterocycles. The minimum Gasteiger partial charge on any atom is -0.462 e. The number of Topliss-reactive ketones (excluding diaryl/α,β-unsaturated/α-hetero) is 1. The van der Waals surface area contributed by atoms with Gasteiger partial charge >= 0.3 is 5.97 Å². The molecule has 0 bridgehead atoms. The minimum absolute atomic E-state index is 0.0347. The maximum atomic E-state index is 12.6. The zero-order valence-corrected chi connectivity index (χ0v) is 18.2. The van der Waals surface area contributed by atoms with Gasteiger partial charge in [0, 0.05) is 5.56 Å². The highest BCUT2D eigenvalue weighted by Gasteiger charge is 2.29. The summed E-state index contributed by atoms with van der Waals surface area (Å²) in [5.74, 6) is -1.17. The Labute approximate surface area is 180 Å². The molecule has 0 fully saturated rings. The van der Waals surface area contributed by atoms with E-state index in [2.05, 4.69) is 29.6 Å². The summed E-state index contributed by atoms with van der Waals surface area (Å²) in [6.45, 7) is 6.87. The number of benzene rings is 2. The molecule has 0 aliphatic heterocycles. The molecule has 162 valence electrons. The van der Waals surface area contributed by atoms with Gasteiger partial charge in [0.1, 0.15) is 17.4 Å². The third-order valence-electron chi connectivity index (χ3n) is 5.14. The van der Waals surface area contributed by atoms with Crippen LogP contribution in [0.5, 0.6) is 0 Å². The lowest BCUT2D eigenvalue weighted by Crippen LogP contribution is -2.86. The van der Waals surface area contributed by atoms with Crippen molar-refractivity contribution in [3.63, 3.8) is 0 Å². The molecule has 7 heteroatoms. The van der Waals surface area contributed by atoms with Gasteiger partial charge in [0.2, 0.25) is 5.88 Å². The van der Waals surface area contributed by atoms with E-state index in [0.29, 0.717) is 0 Å². The molecule has 1 heterocycles. The van der Waals surface area contributed by atoms with Gasteiger partial charge in [-0.3, -0.25) is 14.9 Å². The van der Waals surface area contributed by atoms with Crippen molar-refractivity contribution in [2.75, 3.05) is 18.5 Å². The van der Waals surface area contributed by atoms with Crippen molar-refractivity contribution < 1.29 is 28.9 Å². The lowest BCUT2D eigenvalue weighted by molar-refractivity contribution is -0.682. The molecule has 0 spiro atoms. The number of esters is 1. The predicted octanol–water partition coefficient (Wildman–Crippen LogP) is 3.38. The smallest absolute Gasteiger partial charge is 0.344 e. The molecule has 0 saturated heterocycles. The van der Waals surface area contributed by atoms with Gasteiger partial charge in [-0.25, -0.2) is 4.79 Å². The van der Waals surface area contributed by atoms with E-state index in [-0.39, 0.29) is 53.7 Å². The summed E-state index contributed by atoms with van der Waals surface area (Å²) in [4.78, 5) is 37.0. The Morgan fingerprint density at radius 2 is 1.81 bits per heavy atom. The third-order valence-corrected chi connectivity index (χ3v) is 5.14. The van der Waals surface area contributed by atoms with Crippen molar-refractivity contribution >= 4 is 34.3 Å². The van der Waals surface area contributed by atoms with Crippen molar-refractivity contribution in [3.8, 4) is 0 Å². The van der Waals surface area contributed by atoms with Gasteiger partial charge in [0.05, 0.1) is 12.2 Å². The van der Waals surface area contributed by atoms with E-state index in [1.54, 1.807) is 13.8 Å². The molecule has 0 aliphatic rings. The quantitative estimate of drug-likeness (QED) is 0.427. The summed E-state index contributed by atoms with van der Waals surface area (Å²) >= 11 is 0. The van der Waals surface area contributed by atoms with E-state index >= 15 is 0 Å². The first-order valence-corrected chi connectivity index (χ1v) is 10.3. The second kappa shape index (κ2) is 9.57. The molecule has 0 aliphatic carbocycles. The minimum atomic E-state index is -0.701. The van der Waals surface area contributed by atoms with Gasteiger partial charge in [0.25, 0.3) is 5.91 Å². The van der Waals surface area contributed by atoms with Crippen LogP contribution in [0.25, 0.3) is 10.8 Å². The van der Waals surface area contributed by atoms with E-state index < -0.39 is 5.97 Å². The largest absolute Gasteiger partial charge is 0.462 e. The van der Waals surface area contributed by atoms with Gasteiger partial charge in [0.15, 0.2) is 12.3 Å². The lowest BCUT2D eigenvalue weighted by atomic mass is 10.00. The maximum Gasteiger partial charge on any atom is 0.344 e. The molecule has 31 heavy (non-hydrogen) atoms. The molecule has 7 nitrogen and oxygen atoms in total. The van der Waals surface area contributed by atoms with E-state index in [0.717, 1.165) is 16.3 Å². The number of hydrogen-bond donors (Lipinski definition) is 2. The first kappa shape index (κ1) is 22.2. The molecule has 2 aromatic carbocycles. The molecule has 3 N–H and O–H groups in total. The Bertz CT molecular complexity index is 1130. The summed E-state index contributed by atoms with van der Waals surface area (Å²) in [5, 5.41) is 6.82. The number of ether oxygens (including phenoxy) is 1. The van der Waals surface area contributed by atoms with Crippen molar-refractivity contribution in [1.29, 1.82) is 0 Å². The van der Waals surface area contributed by atoms with Crippen LogP contribution in [0.15, 0.2) is 46.9 Å². The number of nitrogens with one attached hydrogen (secondary N) is 1.